The van der Waals surface area contributed by atoms with E-state index >= 15 is 0 Å². The third-order valence-electron chi connectivity index (χ3n) is 2.44. The van der Waals surface area contributed by atoms with Crippen molar-refractivity contribution in [3.05, 3.63) is 16.9 Å². The van der Waals surface area contributed by atoms with E-state index in [0.717, 1.165) is 36.6 Å². The number of aromatic nitrogens is 2. The van der Waals surface area contributed by atoms with Gasteiger partial charge in [0.05, 0.1) is 16.9 Å². The smallest absolute Gasteiger partial charge is 0.0817 e. The fraction of sp³-hybridized carbons (Fsp3) is 0.750. The van der Waals surface area contributed by atoms with Crippen LogP contribution in [0.4, 0.5) is 0 Å². The van der Waals surface area contributed by atoms with Crippen molar-refractivity contribution in [2.24, 2.45) is 0 Å². The molecule has 0 aliphatic heterocycles. The van der Waals surface area contributed by atoms with E-state index in [1.165, 1.54) is 0 Å². The summed E-state index contributed by atoms with van der Waals surface area (Å²) in [6.45, 7) is 10.5. The molecule has 1 aromatic heterocycles. The average Bonchev–Trinajstić information content (AvgIpc) is 2.53. The summed E-state index contributed by atoms with van der Waals surface area (Å²) in [5.74, 6) is 0. The van der Waals surface area contributed by atoms with Crippen LogP contribution < -0.4 is 5.32 Å². The molecule has 0 radical (unpaired) electrons. The highest BCUT2D eigenvalue weighted by molar-refractivity contribution is 6.31. The third-order valence-corrected chi connectivity index (χ3v) is 2.76. The van der Waals surface area contributed by atoms with E-state index < -0.39 is 0 Å². The van der Waals surface area contributed by atoms with Gasteiger partial charge in [-0.1, -0.05) is 11.6 Å². The Balaban J connectivity index is 2.40. The van der Waals surface area contributed by atoms with Crippen LogP contribution >= 0.6 is 11.6 Å². The fourth-order valence-electron chi connectivity index (χ4n) is 1.63. The molecule has 0 aromatic carbocycles. The van der Waals surface area contributed by atoms with Gasteiger partial charge in [-0.2, -0.15) is 5.10 Å². The molecule has 0 spiro atoms. The second kappa shape index (κ2) is 5.69. The van der Waals surface area contributed by atoms with Crippen molar-refractivity contribution in [3.63, 3.8) is 0 Å². The van der Waals surface area contributed by atoms with Gasteiger partial charge in [0.1, 0.15) is 0 Å². The zero-order valence-electron chi connectivity index (χ0n) is 10.7. The van der Waals surface area contributed by atoms with E-state index in [9.17, 15) is 0 Å². The molecule has 1 aromatic rings. The summed E-state index contributed by atoms with van der Waals surface area (Å²) in [5, 5.41) is 8.48. The van der Waals surface area contributed by atoms with Gasteiger partial charge in [-0.25, -0.2) is 0 Å². The molecule has 0 atom stereocenters. The molecule has 0 aliphatic rings. The van der Waals surface area contributed by atoms with Gasteiger partial charge < -0.3 is 5.32 Å². The highest BCUT2D eigenvalue weighted by atomic mass is 35.5. The minimum atomic E-state index is 0.189. The van der Waals surface area contributed by atoms with E-state index in [0.29, 0.717) is 0 Å². The van der Waals surface area contributed by atoms with Crippen LogP contribution in [0.5, 0.6) is 0 Å². The van der Waals surface area contributed by atoms with Crippen LogP contribution in [0.15, 0.2) is 6.20 Å². The highest BCUT2D eigenvalue weighted by Crippen LogP contribution is 2.16. The first-order chi connectivity index (χ1) is 7.44. The van der Waals surface area contributed by atoms with Crippen LogP contribution in [0.25, 0.3) is 0 Å². The molecule has 0 amide bonds. The first kappa shape index (κ1) is 13.5. The highest BCUT2D eigenvalue weighted by Gasteiger charge is 2.10. The van der Waals surface area contributed by atoms with Crippen molar-refractivity contribution in [2.75, 3.05) is 6.54 Å². The lowest BCUT2D eigenvalue weighted by molar-refractivity contribution is 0.420. The molecule has 92 valence electrons. The van der Waals surface area contributed by atoms with Crippen molar-refractivity contribution in [3.8, 4) is 0 Å². The van der Waals surface area contributed by atoms with Crippen molar-refractivity contribution < 1.29 is 0 Å². The second-order valence-electron chi connectivity index (χ2n) is 5.04. The van der Waals surface area contributed by atoms with Crippen molar-refractivity contribution in [1.82, 2.24) is 15.1 Å². The summed E-state index contributed by atoms with van der Waals surface area (Å²) in [6.07, 6.45) is 3.80. The minimum Gasteiger partial charge on any atom is -0.312 e. The van der Waals surface area contributed by atoms with E-state index in [2.05, 4.69) is 38.1 Å². The quantitative estimate of drug-likeness (QED) is 0.806. The lowest BCUT2D eigenvalue weighted by Crippen LogP contribution is -2.36. The normalized spacial score (nSPS) is 12.1. The Bertz CT molecular complexity index is 325. The molecular weight excluding hydrogens is 222 g/mol. The molecule has 4 heteroatoms. The maximum atomic E-state index is 6.09. The molecule has 0 bridgehead atoms. The topological polar surface area (TPSA) is 29.9 Å². The Morgan fingerprint density at radius 2 is 2.12 bits per heavy atom. The molecule has 0 saturated heterocycles. The lowest BCUT2D eigenvalue weighted by Gasteiger charge is -2.20. The van der Waals surface area contributed by atoms with Gasteiger partial charge in [0.2, 0.25) is 0 Å². The van der Waals surface area contributed by atoms with Gasteiger partial charge in [-0.3, -0.25) is 4.68 Å². The summed E-state index contributed by atoms with van der Waals surface area (Å²) in [4.78, 5) is 0. The number of halogens is 1. The van der Waals surface area contributed by atoms with Gasteiger partial charge in [0.15, 0.2) is 0 Å². The molecule has 0 saturated carbocycles. The Morgan fingerprint density at radius 1 is 1.44 bits per heavy atom. The first-order valence-corrected chi connectivity index (χ1v) is 6.27. The van der Waals surface area contributed by atoms with Crippen LogP contribution in [0.2, 0.25) is 5.02 Å². The van der Waals surface area contributed by atoms with Gasteiger partial charge in [0.25, 0.3) is 0 Å². The Labute approximate surface area is 103 Å². The Morgan fingerprint density at radius 3 is 2.69 bits per heavy atom. The molecular formula is C12H22ClN3. The lowest BCUT2D eigenvalue weighted by atomic mass is 10.1. The van der Waals surface area contributed by atoms with E-state index in [4.69, 9.17) is 11.6 Å². The van der Waals surface area contributed by atoms with Crippen molar-refractivity contribution >= 4 is 11.6 Å². The Kier molecular flexibility index (Phi) is 4.81. The van der Waals surface area contributed by atoms with Crippen LogP contribution in [0.3, 0.4) is 0 Å². The van der Waals surface area contributed by atoms with Gasteiger partial charge >= 0.3 is 0 Å². The Hall–Kier alpha value is -0.540. The van der Waals surface area contributed by atoms with Crippen molar-refractivity contribution in [1.29, 1.82) is 0 Å². The van der Waals surface area contributed by atoms with Gasteiger partial charge in [-0.05, 0) is 47.1 Å². The summed E-state index contributed by atoms with van der Waals surface area (Å²) in [5.41, 5.74) is 1.34. The van der Waals surface area contributed by atoms with Gasteiger partial charge in [-0.15, -0.1) is 0 Å². The zero-order valence-corrected chi connectivity index (χ0v) is 11.4. The average molecular weight is 244 g/mol. The number of nitrogens with zero attached hydrogens (tertiary/aromatic N) is 2. The maximum Gasteiger partial charge on any atom is 0.0817 e. The molecule has 0 aliphatic carbocycles. The van der Waals surface area contributed by atoms with E-state index in [-0.39, 0.29) is 5.54 Å². The number of nitrogens with one attached hydrogen (secondary N) is 1. The molecule has 16 heavy (non-hydrogen) atoms. The standard InChI is InChI=1S/C12H22ClN3/c1-5-16-11(10(13)9-15-16)7-6-8-14-12(2,3)4/h9,14H,5-8H2,1-4H3. The monoisotopic (exact) mass is 243 g/mol. The van der Waals surface area contributed by atoms with Gasteiger partial charge in [0, 0.05) is 12.1 Å². The van der Waals surface area contributed by atoms with Crippen LogP contribution in [0.1, 0.15) is 39.8 Å². The molecule has 1 rings (SSSR count). The predicted molar refractivity (Wildman–Crippen MR) is 69.0 cm³/mol. The summed E-state index contributed by atoms with van der Waals surface area (Å²) in [7, 11) is 0. The maximum absolute atomic E-state index is 6.09. The summed E-state index contributed by atoms with van der Waals surface area (Å²) < 4.78 is 1.97. The molecule has 0 fully saturated rings. The second-order valence-corrected chi connectivity index (χ2v) is 5.44. The van der Waals surface area contributed by atoms with E-state index in [1.807, 2.05) is 4.68 Å². The number of hydrogen-bond donors (Lipinski definition) is 1. The summed E-state index contributed by atoms with van der Waals surface area (Å²) >= 11 is 6.09. The largest absolute Gasteiger partial charge is 0.312 e. The van der Waals surface area contributed by atoms with Crippen molar-refractivity contribution in [2.45, 2.75) is 52.6 Å². The molecule has 1 heterocycles. The molecule has 1 N–H and O–H groups in total. The number of aryl methyl sites for hydroxylation is 1. The number of rotatable bonds is 5. The van der Waals surface area contributed by atoms with Crippen LogP contribution in [0, 0.1) is 0 Å². The molecule has 3 nitrogen and oxygen atoms in total. The summed E-state index contributed by atoms with van der Waals surface area (Å²) in [6, 6.07) is 0. The van der Waals surface area contributed by atoms with Crippen LogP contribution in [-0.2, 0) is 13.0 Å². The van der Waals surface area contributed by atoms with Crippen LogP contribution in [-0.4, -0.2) is 21.9 Å². The SMILES string of the molecule is CCn1ncc(Cl)c1CCCNC(C)(C)C. The fourth-order valence-corrected chi connectivity index (χ4v) is 1.86. The third kappa shape index (κ3) is 4.14. The minimum absolute atomic E-state index is 0.189. The predicted octanol–water partition coefficient (Wildman–Crippen LogP) is 2.88. The number of hydrogen-bond acceptors (Lipinski definition) is 2. The molecule has 0 unspecified atom stereocenters. The first-order valence-electron chi connectivity index (χ1n) is 5.89. The van der Waals surface area contributed by atoms with E-state index in [1.54, 1.807) is 6.20 Å². The zero-order chi connectivity index (χ0) is 12.2.